The highest BCUT2D eigenvalue weighted by Gasteiger charge is 2.25. The van der Waals surface area contributed by atoms with Crippen LogP contribution >= 0.6 is 0 Å². The molecule has 6 nitrogen and oxygen atoms in total. The Bertz CT molecular complexity index is 1080. The number of para-hydroxylation sites is 1. The molecular formula is C17H10N2O4. The number of rotatable bonds is 1. The number of benzene rings is 1. The van der Waals surface area contributed by atoms with Gasteiger partial charge in [0.15, 0.2) is 16.8 Å². The molecule has 4 rings (SSSR count). The van der Waals surface area contributed by atoms with Gasteiger partial charge in [0, 0.05) is 29.8 Å². The second-order valence-electron chi connectivity index (χ2n) is 5.39. The molecule has 23 heavy (non-hydrogen) atoms. The van der Waals surface area contributed by atoms with E-state index in [1.807, 2.05) is 6.07 Å². The van der Waals surface area contributed by atoms with Crippen LogP contribution < -0.4 is 5.43 Å². The summed E-state index contributed by atoms with van der Waals surface area (Å²) in [6.45, 7) is 0.550. The van der Waals surface area contributed by atoms with Gasteiger partial charge in [-0.2, -0.15) is 5.26 Å². The van der Waals surface area contributed by atoms with E-state index in [4.69, 9.17) is 9.52 Å². The molecule has 0 aliphatic carbocycles. The molecule has 1 aliphatic rings. The third-order valence-corrected chi connectivity index (χ3v) is 4.13. The minimum absolute atomic E-state index is 0.258. The number of pyridine rings is 1. The molecule has 3 aromatic rings. The molecule has 112 valence electrons. The Balaban J connectivity index is 2.04. The maximum absolute atomic E-state index is 12.0. The summed E-state index contributed by atoms with van der Waals surface area (Å²) < 4.78 is 7.57. The molecule has 0 atom stereocenters. The van der Waals surface area contributed by atoms with E-state index in [2.05, 4.69) is 6.07 Å². The highest BCUT2D eigenvalue weighted by atomic mass is 16.4. The van der Waals surface area contributed by atoms with Crippen molar-refractivity contribution in [3.05, 3.63) is 57.4 Å². The van der Waals surface area contributed by atoms with Gasteiger partial charge in [-0.15, -0.1) is 0 Å². The number of aromatic carboxylic acids is 1. The molecule has 6 heteroatoms. The van der Waals surface area contributed by atoms with Crippen molar-refractivity contribution in [2.45, 2.75) is 13.0 Å². The third kappa shape index (κ3) is 1.80. The number of aromatic nitrogens is 1. The fraction of sp³-hybridized carbons (Fsp3) is 0.118. The number of carboxylic acids is 1. The van der Waals surface area contributed by atoms with E-state index in [-0.39, 0.29) is 5.56 Å². The van der Waals surface area contributed by atoms with Gasteiger partial charge in [0.1, 0.15) is 11.6 Å². The zero-order chi connectivity index (χ0) is 16.1. The Kier molecular flexibility index (Phi) is 2.66. The predicted octanol–water partition coefficient (Wildman–Crippen LogP) is 2.39. The number of furan rings is 1. The lowest BCUT2D eigenvalue weighted by atomic mass is 10.0. The first-order valence-corrected chi connectivity index (χ1v) is 7.03. The molecule has 1 aliphatic heterocycles. The topological polar surface area (TPSA) is 96.2 Å². The average Bonchev–Trinajstić information content (AvgIpc) is 2.93. The van der Waals surface area contributed by atoms with Crippen molar-refractivity contribution in [3.63, 3.8) is 0 Å². The van der Waals surface area contributed by atoms with Gasteiger partial charge >= 0.3 is 5.97 Å². The van der Waals surface area contributed by atoms with Crippen molar-refractivity contribution < 1.29 is 14.3 Å². The molecule has 0 unspecified atom stereocenters. The van der Waals surface area contributed by atoms with E-state index in [0.29, 0.717) is 35.6 Å². The van der Waals surface area contributed by atoms with Gasteiger partial charge in [-0.05, 0) is 12.5 Å². The predicted molar refractivity (Wildman–Crippen MR) is 81.3 cm³/mol. The number of hydrogen-bond acceptors (Lipinski definition) is 4. The Hall–Kier alpha value is -3.33. The van der Waals surface area contributed by atoms with Crippen LogP contribution in [0.1, 0.15) is 21.5 Å². The molecule has 0 fully saturated rings. The molecule has 3 heterocycles. The first-order chi connectivity index (χ1) is 11.1. The molecule has 0 saturated heterocycles. The van der Waals surface area contributed by atoms with Crippen LogP contribution in [-0.4, -0.2) is 15.6 Å². The number of nitrogens with zero attached hydrogens (tertiary/aromatic N) is 2. The van der Waals surface area contributed by atoms with Gasteiger partial charge < -0.3 is 14.1 Å². The third-order valence-electron chi connectivity index (χ3n) is 4.13. The highest BCUT2D eigenvalue weighted by Crippen LogP contribution is 2.37. The van der Waals surface area contributed by atoms with E-state index >= 15 is 0 Å². The summed E-state index contributed by atoms with van der Waals surface area (Å²) >= 11 is 0. The van der Waals surface area contributed by atoms with Crippen LogP contribution in [0, 0.1) is 11.3 Å². The minimum atomic E-state index is -1.24. The highest BCUT2D eigenvalue weighted by molar-refractivity contribution is 5.92. The lowest BCUT2D eigenvalue weighted by Gasteiger charge is -2.18. The minimum Gasteiger partial charge on any atom is -0.477 e. The summed E-state index contributed by atoms with van der Waals surface area (Å²) in [6.07, 6.45) is 1.99. The summed E-state index contributed by atoms with van der Waals surface area (Å²) in [4.78, 5) is 23.1. The smallest absolute Gasteiger partial charge is 0.341 e. The molecule has 0 spiro atoms. The van der Waals surface area contributed by atoms with E-state index in [1.54, 1.807) is 16.7 Å². The van der Waals surface area contributed by atoms with Gasteiger partial charge in [0.05, 0.1) is 11.3 Å². The Morgan fingerprint density at radius 1 is 1.39 bits per heavy atom. The second-order valence-corrected chi connectivity index (χ2v) is 5.39. The summed E-state index contributed by atoms with van der Waals surface area (Å²) in [5.41, 5.74) is 1.61. The van der Waals surface area contributed by atoms with Crippen LogP contribution in [0.25, 0.3) is 22.4 Å². The van der Waals surface area contributed by atoms with Crippen molar-refractivity contribution in [3.8, 4) is 17.5 Å². The number of aryl methyl sites for hydroxylation is 2. The lowest BCUT2D eigenvalue weighted by Crippen LogP contribution is -2.21. The SMILES string of the molecule is N#Cc1cccc2c3c(oc12)-c1cc(=O)c(C(=O)O)cn1CC3. The number of nitriles is 1. The van der Waals surface area contributed by atoms with E-state index < -0.39 is 11.4 Å². The summed E-state index contributed by atoms with van der Waals surface area (Å²) in [5.74, 6) is -0.713. The normalized spacial score (nSPS) is 12.5. The summed E-state index contributed by atoms with van der Waals surface area (Å²) in [5, 5.41) is 19.1. The molecular weight excluding hydrogens is 296 g/mol. The van der Waals surface area contributed by atoms with Crippen LogP contribution in [0.15, 0.2) is 39.7 Å². The van der Waals surface area contributed by atoms with Gasteiger partial charge in [-0.3, -0.25) is 4.79 Å². The van der Waals surface area contributed by atoms with Crippen LogP contribution in [0.4, 0.5) is 0 Å². The maximum atomic E-state index is 12.0. The van der Waals surface area contributed by atoms with Crippen molar-refractivity contribution >= 4 is 16.9 Å². The Labute approximate surface area is 129 Å². The molecule has 0 radical (unpaired) electrons. The number of carbonyl (C=O) groups is 1. The number of fused-ring (bicyclic) bond motifs is 5. The first-order valence-electron chi connectivity index (χ1n) is 7.03. The van der Waals surface area contributed by atoms with Crippen LogP contribution in [0.2, 0.25) is 0 Å². The fourth-order valence-electron chi connectivity index (χ4n) is 3.06. The van der Waals surface area contributed by atoms with E-state index in [0.717, 1.165) is 10.9 Å². The quantitative estimate of drug-likeness (QED) is 0.744. The molecule has 1 N–H and O–H groups in total. The van der Waals surface area contributed by atoms with Crippen molar-refractivity contribution in [2.24, 2.45) is 0 Å². The second kappa shape index (κ2) is 4.58. The Morgan fingerprint density at radius 2 is 2.22 bits per heavy atom. The van der Waals surface area contributed by atoms with Crippen LogP contribution in [-0.2, 0) is 13.0 Å². The molecule has 0 saturated carbocycles. The van der Waals surface area contributed by atoms with Crippen molar-refractivity contribution in [1.29, 1.82) is 5.26 Å². The first kappa shape index (κ1) is 13.3. The van der Waals surface area contributed by atoms with Gasteiger partial charge in [0.25, 0.3) is 0 Å². The monoisotopic (exact) mass is 306 g/mol. The van der Waals surface area contributed by atoms with Gasteiger partial charge in [-0.25, -0.2) is 4.79 Å². The van der Waals surface area contributed by atoms with Crippen molar-refractivity contribution in [2.75, 3.05) is 0 Å². The van der Waals surface area contributed by atoms with Gasteiger partial charge in [-0.1, -0.05) is 12.1 Å². The number of hydrogen-bond donors (Lipinski definition) is 1. The van der Waals surface area contributed by atoms with E-state index in [1.165, 1.54) is 12.3 Å². The van der Waals surface area contributed by atoms with E-state index in [9.17, 15) is 14.9 Å². The molecule has 0 bridgehead atoms. The number of carboxylic acid groups (broad SMARTS) is 1. The van der Waals surface area contributed by atoms with Crippen LogP contribution in [0.5, 0.6) is 0 Å². The van der Waals surface area contributed by atoms with Crippen molar-refractivity contribution in [1.82, 2.24) is 4.57 Å². The Morgan fingerprint density at radius 3 is 2.96 bits per heavy atom. The maximum Gasteiger partial charge on any atom is 0.341 e. The zero-order valence-electron chi connectivity index (χ0n) is 11.9. The standard InChI is InChI=1S/C17H10N2O4/c18-7-9-2-1-3-10-11-4-5-19-8-12(17(21)22)14(20)6-13(19)16(11)23-15(9)10/h1-3,6,8H,4-5H2,(H,21,22). The zero-order valence-corrected chi connectivity index (χ0v) is 11.9. The summed E-state index contributed by atoms with van der Waals surface area (Å²) in [7, 11) is 0. The largest absolute Gasteiger partial charge is 0.477 e. The molecule has 2 aromatic heterocycles. The fourth-order valence-corrected chi connectivity index (χ4v) is 3.06. The summed E-state index contributed by atoms with van der Waals surface area (Å²) in [6, 6.07) is 8.75. The molecule has 1 aromatic carbocycles. The lowest BCUT2D eigenvalue weighted by molar-refractivity contribution is 0.0694. The van der Waals surface area contributed by atoms with Gasteiger partial charge in [0.2, 0.25) is 0 Å². The van der Waals surface area contributed by atoms with Crippen LogP contribution in [0.3, 0.4) is 0 Å². The average molecular weight is 306 g/mol. The molecule has 0 amide bonds.